The van der Waals surface area contributed by atoms with Crippen molar-refractivity contribution in [2.24, 2.45) is 11.8 Å². The van der Waals surface area contributed by atoms with Gasteiger partial charge in [-0.05, 0) is 38.5 Å². The van der Waals surface area contributed by atoms with Crippen LogP contribution in [-0.2, 0) is 0 Å². The van der Waals surface area contributed by atoms with Crippen LogP contribution in [0, 0.1) is 12.8 Å². The Kier molecular flexibility index (Phi) is 4.29. The first kappa shape index (κ1) is 14.6. The van der Waals surface area contributed by atoms with E-state index in [0.717, 1.165) is 28.9 Å². The largest absolute Gasteiger partial charge is 0.367 e. The van der Waals surface area contributed by atoms with E-state index in [1.165, 1.54) is 44.9 Å². The Balaban J connectivity index is 1.84. The summed E-state index contributed by atoms with van der Waals surface area (Å²) >= 11 is 0. The van der Waals surface area contributed by atoms with Crippen molar-refractivity contribution in [1.82, 2.24) is 9.97 Å². The van der Waals surface area contributed by atoms with Crippen molar-refractivity contribution < 1.29 is 0 Å². The van der Waals surface area contributed by atoms with Gasteiger partial charge in [-0.1, -0.05) is 26.2 Å². The summed E-state index contributed by atoms with van der Waals surface area (Å²) in [5.41, 5.74) is 3.76. The molecule has 1 aromatic heterocycles. The number of rotatable bonds is 5. The molecule has 3 rings (SSSR count). The standard InChI is InChI=1S/C16H27N5/c1-3-11-6-4-5-7-13(11)18-14-10(2)15(21-17)20-16(19-14)12-8-9-12/h11-13H,3-9,17H2,1-2H3,(H2,18,19,20,21). The van der Waals surface area contributed by atoms with Crippen molar-refractivity contribution >= 4 is 11.6 Å². The Labute approximate surface area is 127 Å². The first-order chi connectivity index (χ1) is 10.2. The van der Waals surface area contributed by atoms with E-state index in [1.807, 2.05) is 6.92 Å². The summed E-state index contributed by atoms with van der Waals surface area (Å²) in [6.45, 7) is 4.33. The van der Waals surface area contributed by atoms with Crippen LogP contribution in [0.4, 0.5) is 11.6 Å². The summed E-state index contributed by atoms with van der Waals surface area (Å²) in [5, 5.41) is 3.70. The first-order valence-electron chi connectivity index (χ1n) is 8.34. The van der Waals surface area contributed by atoms with Crippen LogP contribution in [0.15, 0.2) is 0 Å². The molecule has 5 nitrogen and oxygen atoms in total. The molecule has 2 unspecified atom stereocenters. The second kappa shape index (κ2) is 6.18. The van der Waals surface area contributed by atoms with Crippen LogP contribution >= 0.6 is 0 Å². The zero-order valence-electron chi connectivity index (χ0n) is 13.2. The molecule has 1 heterocycles. The number of hydrazine groups is 1. The fourth-order valence-corrected chi connectivity index (χ4v) is 3.40. The summed E-state index contributed by atoms with van der Waals surface area (Å²) in [7, 11) is 0. The van der Waals surface area contributed by atoms with Crippen molar-refractivity contribution in [3.63, 3.8) is 0 Å². The topological polar surface area (TPSA) is 75.9 Å². The fourth-order valence-electron chi connectivity index (χ4n) is 3.40. The van der Waals surface area contributed by atoms with Gasteiger partial charge in [-0.2, -0.15) is 0 Å². The van der Waals surface area contributed by atoms with Crippen LogP contribution in [0.3, 0.4) is 0 Å². The zero-order chi connectivity index (χ0) is 14.8. The molecule has 0 radical (unpaired) electrons. The van der Waals surface area contributed by atoms with Gasteiger partial charge in [-0.25, -0.2) is 15.8 Å². The Morgan fingerprint density at radius 3 is 2.48 bits per heavy atom. The SMILES string of the molecule is CCC1CCCCC1Nc1nc(C2CC2)nc(NN)c1C. The Morgan fingerprint density at radius 1 is 1.10 bits per heavy atom. The van der Waals surface area contributed by atoms with Gasteiger partial charge in [0.2, 0.25) is 0 Å². The highest BCUT2D eigenvalue weighted by atomic mass is 15.3. The van der Waals surface area contributed by atoms with E-state index in [2.05, 4.69) is 22.7 Å². The highest BCUT2D eigenvalue weighted by Gasteiger charge is 2.29. The number of nitrogens with two attached hydrogens (primary N) is 1. The van der Waals surface area contributed by atoms with E-state index >= 15 is 0 Å². The van der Waals surface area contributed by atoms with Crippen LogP contribution < -0.4 is 16.6 Å². The first-order valence-corrected chi connectivity index (χ1v) is 8.34. The molecule has 0 aromatic carbocycles. The quantitative estimate of drug-likeness (QED) is 0.572. The number of hydrogen-bond donors (Lipinski definition) is 3. The Bertz CT molecular complexity index is 498. The summed E-state index contributed by atoms with van der Waals surface area (Å²) in [6.07, 6.45) is 8.89. The maximum atomic E-state index is 5.63. The maximum Gasteiger partial charge on any atom is 0.148 e. The van der Waals surface area contributed by atoms with Crippen molar-refractivity contribution in [3.8, 4) is 0 Å². The van der Waals surface area contributed by atoms with E-state index in [-0.39, 0.29) is 0 Å². The molecule has 21 heavy (non-hydrogen) atoms. The molecule has 4 N–H and O–H groups in total. The van der Waals surface area contributed by atoms with E-state index in [9.17, 15) is 0 Å². The third-order valence-electron chi connectivity index (χ3n) is 5.00. The van der Waals surface area contributed by atoms with Gasteiger partial charge in [0.15, 0.2) is 0 Å². The van der Waals surface area contributed by atoms with Gasteiger partial charge in [0.25, 0.3) is 0 Å². The number of nitrogens with one attached hydrogen (secondary N) is 2. The second-order valence-corrected chi connectivity index (χ2v) is 6.53. The third kappa shape index (κ3) is 3.12. The molecule has 1 aromatic rings. The van der Waals surface area contributed by atoms with Crippen LogP contribution in [0.5, 0.6) is 0 Å². The van der Waals surface area contributed by atoms with Crippen LogP contribution in [0.1, 0.15) is 69.2 Å². The van der Waals surface area contributed by atoms with Gasteiger partial charge >= 0.3 is 0 Å². The zero-order valence-corrected chi connectivity index (χ0v) is 13.2. The van der Waals surface area contributed by atoms with Gasteiger partial charge in [0.05, 0.1) is 0 Å². The predicted molar refractivity (Wildman–Crippen MR) is 86.2 cm³/mol. The molecule has 2 atom stereocenters. The monoisotopic (exact) mass is 289 g/mol. The smallest absolute Gasteiger partial charge is 0.148 e. The summed E-state index contributed by atoms with van der Waals surface area (Å²) in [4.78, 5) is 9.35. The minimum absolute atomic E-state index is 0.534. The van der Waals surface area contributed by atoms with E-state index in [1.54, 1.807) is 0 Å². The minimum atomic E-state index is 0.534. The van der Waals surface area contributed by atoms with Gasteiger partial charge in [0, 0.05) is 17.5 Å². The Hall–Kier alpha value is -1.36. The average Bonchev–Trinajstić information content (AvgIpc) is 3.34. The number of nitrogens with zero attached hydrogens (tertiary/aromatic N) is 2. The van der Waals surface area contributed by atoms with Crippen molar-refractivity contribution in [2.45, 2.75) is 70.8 Å². The molecule has 116 valence electrons. The van der Waals surface area contributed by atoms with Crippen molar-refractivity contribution in [2.75, 3.05) is 10.7 Å². The summed E-state index contributed by atoms with van der Waals surface area (Å²) in [5.74, 6) is 9.60. The molecule has 0 bridgehead atoms. The lowest BCUT2D eigenvalue weighted by Crippen LogP contribution is -2.32. The van der Waals surface area contributed by atoms with E-state index in [0.29, 0.717) is 12.0 Å². The van der Waals surface area contributed by atoms with Crippen molar-refractivity contribution in [3.05, 3.63) is 11.4 Å². The predicted octanol–water partition coefficient (Wildman–Crippen LogP) is 3.33. The molecule has 2 aliphatic rings. The highest BCUT2D eigenvalue weighted by molar-refractivity contribution is 5.57. The molecule has 0 amide bonds. The normalized spacial score (nSPS) is 25.7. The number of anilines is 2. The van der Waals surface area contributed by atoms with Crippen LogP contribution in [-0.4, -0.2) is 16.0 Å². The third-order valence-corrected chi connectivity index (χ3v) is 5.00. The minimum Gasteiger partial charge on any atom is -0.367 e. The van der Waals surface area contributed by atoms with Gasteiger partial charge < -0.3 is 10.7 Å². The van der Waals surface area contributed by atoms with E-state index in [4.69, 9.17) is 10.8 Å². The molecule has 2 fully saturated rings. The Morgan fingerprint density at radius 2 is 1.81 bits per heavy atom. The molecular formula is C16H27N5. The van der Waals surface area contributed by atoms with Gasteiger partial charge in [-0.15, -0.1) is 0 Å². The van der Waals surface area contributed by atoms with Crippen molar-refractivity contribution in [1.29, 1.82) is 0 Å². The molecule has 2 saturated carbocycles. The number of hydrogen-bond acceptors (Lipinski definition) is 5. The second-order valence-electron chi connectivity index (χ2n) is 6.53. The molecule has 0 saturated heterocycles. The van der Waals surface area contributed by atoms with Gasteiger partial charge in [-0.3, -0.25) is 0 Å². The maximum absolute atomic E-state index is 5.63. The number of aromatic nitrogens is 2. The summed E-state index contributed by atoms with van der Waals surface area (Å²) < 4.78 is 0. The van der Waals surface area contributed by atoms with Gasteiger partial charge in [0.1, 0.15) is 17.5 Å². The molecule has 2 aliphatic carbocycles. The average molecular weight is 289 g/mol. The molecule has 5 heteroatoms. The molecular weight excluding hydrogens is 262 g/mol. The molecule has 0 spiro atoms. The lowest BCUT2D eigenvalue weighted by molar-refractivity contribution is 0.316. The van der Waals surface area contributed by atoms with Crippen LogP contribution in [0.2, 0.25) is 0 Å². The lowest BCUT2D eigenvalue weighted by atomic mass is 9.83. The van der Waals surface area contributed by atoms with Crippen LogP contribution in [0.25, 0.3) is 0 Å². The fraction of sp³-hybridized carbons (Fsp3) is 0.750. The van der Waals surface area contributed by atoms with E-state index < -0.39 is 0 Å². The number of nitrogen functional groups attached to an aromatic ring is 1. The summed E-state index contributed by atoms with van der Waals surface area (Å²) in [6, 6.07) is 0.537. The highest BCUT2D eigenvalue weighted by Crippen LogP contribution is 2.40. The molecule has 0 aliphatic heterocycles. The lowest BCUT2D eigenvalue weighted by Gasteiger charge is -2.32.